The summed E-state index contributed by atoms with van der Waals surface area (Å²) < 4.78 is 0. The zero-order chi connectivity index (χ0) is 19.2. The highest BCUT2D eigenvalue weighted by molar-refractivity contribution is 5.84. The molecule has 0 heterocycles. The Morgan fingerprint density at radius 2 is 1.74 bits per heavy atom. The molecule has 0 aromatic heterocycles. The van der Waals surface area contributed by atoms with Crippen LogP contribution in [0.4, 0.5) is 0 Å². The fourth-order valence-electron chi connectivity index (χ4n) is 3.29. The Morgan fingerprint density at radius 3 is 2.41 bits per heavy atom. The van der Waals surface area contributed by atoms with Crippen molar-refractivity contribution in [2.45, 2.75) is 33.1 Å². The maximum atomic E-state index is 10.4. The number of benzene rings is 2. The molecular formula is C25H26O2. The highest BCUT2D eigenvalue weighted by atomic mass is 16.3. The molecule has 0 aliphatic heterocycles. The van der Waals surface area contributed by atoms with Crippen LogP contribution in [-0.4, -0.2) is 10.2 Å². The Balaban J connectivity index is 2.05. The summed E-state index contributed by atoms with van der Waals surface area (Å²) in [4.78, 5) is 0. The second kappa shape index (κ2) is 8.59. The lowest BCUT2D eigenvalue weighted by Crippen LogP contribution is -1.90. The van der Waals surface area contributed by atoms with Gasteiger partial charge in [0.25, 0.3) is 0 Å². The van der Waals surface area contributed by atoms with Crippen molar-refractivity contribution in [1.29, 1.82) is 0 Å². The van der Waals surface area contributed by atoms with Gasteiger partial charge in [0.1, 0.15) is 11.5 Å². The maximum Gasteiger partial charge on any atom is 0.123 e. The first-order valence-corrected chi connectivity index (χ1v) is 9.50. The second-order valence-corrected chi connectivity index (χ2v) is 6.66. The zero-order valence-corrected chi connectivity index (χ0v) is 15.9. The molecule has 0 atom stereocenters. The smallest absolute Gasteiger partial charge is 0.123 e. The average Bonchev–Trinajstić information content (AvgIpc) is 2.71. The Labute approximate surface area is 161 Å². The quantitative estimate of drug-likeness (QED) is 0.573. The first-order valence-electron chi connectivity index (χ1n) is 9.50. The summed E-state index contributed by atoms with van der Waals surface area (Å²) in [6, 6.07) is 11.3. The molecule has 0 fully saturated rings. The summed E-state index contributed by atoms with van der Waals surface area (Å²) in [6.45, 7) is 4.06. The van der Waals surface area contributed by atoms with E-state index >= 15 is 0 Å². The Kier molecular flexibility index (Phi) is 5.97. The predicted octanol–water partition coefficient (Wildman–Crippen LogP) is 6.87. The minimum absolute atomic E-state index is 0.268. The molecular weight excluding hydrogens is 332 g/mol. The summed E-state index contributed by atoms with van der Waals surface area (Å²) in [5.74, 6) is 0.556. The van der Waals surface area contributed by atoms with Crippen LogP contribution >= 0.6 is 0 Å². The molecule has 3 rings (SSSR count). The van der Waals surface area contributed by atoms with Crippen LogP contribution in [0.3, 0.4) is 0 Å². The number of phenolic OH excluding ortho intramolecular Hbond substituents is 2. The van der Waals surface area contributed by atoms with Crippen molar-refractivity contribution >= 4 is 11.1 Å². The monoisotopic (exact) mass is 358 g/mol. The molecule has 1 aliphatic rings. The molecule has 2 aromatic rings. The van der Waals surface area contributed by atoms with E-state index in [0.29, 0.717) is 0 Å². The number of phenols is 2. The van der Waals surface area contributed by atoms with Crippen molar-refractivity contribution in [3.05, 3.63) is 84.0 Å². The number of rotatable bonds is 5. The standard InChI is InChI=1S/C25H26O2/c1-3-5-9-18(4-2)22-16-20(12-14-24(22)26)21-13-15-25(27)23(17-21)19-10-7-6-8-11-19/h4-5,7,9-17,26-27H,3,6,8H2,1-2H3/b9-5-,18-4+. The summed E-state index contributed by atoms with van der Waals surface area (Å²) in [5.41, 5.74) is 5.72. The van der Waals surface area contributed by atoms with E-state index in [9.17, 15) is 10.2 Å². The fourth-order valence-corrected chi connectivity index (χ4v) is 3.29. The molecule has 0 amide bonds. The van der Waals surface area contributed by atoms with Crippen molar-refractivity contribution in [3.8, 4) is 22.6 Å². The third kappa shape index (κ3) is 4.22. The maximum absolute atomic E-state index is 10.4. The lowest BCUT2D eigenvalue weighted by molar-refractivity contribution is 0.473. The van der Waals surface area contributed by atoms with Gasteiger partial charge in [-0.1, -0.05) is 55.5 Å². The van der Waals surface area contributed by atoms with Crippen molar-refractivity contribution in [2.75, 3.05) is 0 Å². The summed E-state index contributed by atoms with van der Waals surface area (Å²) in [6.07, 6.45) is 15.5. The first kappa shape index (κ1) is 18.8. The fraction of sp³-hybridized carbons (Fsp3) is 0.200. The predicted molar refractivity (Wildman–Crippen MR) is 115 cm³/mol. The average molecular weight is 358 g/mol. The van der Waals surface area contributed by atoms with Crippen molar-refractivity contribution in [3.63, 3.8) is 0 Å². The lowest BCUT2D eigenvalue weighted by atomic mass is 9.93. The zero-order valence-electron chi connectivity index (χ0n) is 15.9. The Bertz CT molecular complexity index is 943. The lowest BCUT2D eigenvalue weighted by Gasteiger charge is -2.13. The van der Waals surface area contributed by atoms with Gasteiger partial charge < -0.3 is 10.2 Å². The summed E-state index contributed by atoms with van der Waals surface area (Å²) in [7, 11) is 0. The van der Waals surface area contributed by atoms with Gasteiger partial charge in [-0.3, -0.25) is 0 Å². The molecule has 2 nitrogen and oxygen atoms in total. The van der Waals surface area contributed by atoms with Crippen molar-refractivity contribution < 1.29 is 10.2 Å². The molecule has 0 radical (unpaired) electrons. The minimum atomic E-state index is 0.268. The first-order chi connectivity index (χ1) is 13.1. The van der Waals surface area contributed by atoms with E-state index in [1.54, 1.807) is 12.1 Å². The number of allylic oxidation sites excluding steroid dienone is 8. The van der Waals surface area contributed by atoms with Gasteiger partial charge in [-0.05, 0) is 72.7 Å². The molecule has 2 heteroatoms. The van der Waals surface area contributed by atoms with Crippen LogP contribution < -0.4 is 0 Å². The number of hydrogen-bond acceptors (Lipinski definition) is 2. The van der Waals surface area contributed by atoms with Crippen molar-refractivity contribution in [2.24, 2.45) is 0 Å². The number of hydrogen-bond donors (Lipinski definition) is 2. The van der Waals surface area contributed by atoms with Crippen LogP contribution in [0.2, 0.25) is 0 Å². The van der Waals surface area contributed by atoms with E-state index in [1.165, 1.54) is 0 Å². The molecule has 0 unspecified atom stereocenters. The van der Waals surface area contributed by atoms with Crippen molar-refractivity contribution in [1.82, 2.24) is 0 Å². The van der Waals surface area contributed by atoms with Gasteiger partial charge in [0, 0.05) is 11.1 Å². The summed E-state index contributed by atoms with van der Waals surface area (Å²) in [5, 5.41) is 20.7. The van der Waals surface area contributed by atoms with E-state index in [-0.39, 0.29) is 11.5 Å². The Morgan fingerprint density at radius 1 is 1.00 bits per heavy atom. The van der Waals surface area contributed by atoms with Gasteiger partial charge in [-0.2, -0.15) is 0 Å². The van der Waals surface area contributed by atoms with E-state index in [4.69, 9.17) is 0 Å². The number of aromatic hydroxyl groups is 2. The van der Waals surface area contributed by atoms with Crippen LogP contribution in [0.15, 0.2) is 72.9 Å². The normalized spacial score (nSPS) is 14.6. The third-order valence-corrected chi connectivity index (χ3v) is 4.79. The molecule has 2 aromatic carbocycles. The van der Waals surface area contributed by atoms with Gasteiger partial charge in [-0.25, -0.2) is 0 Å². The van der Waals surface area contributed by atoms with Gasteiger partial charge in [0.15, 0.2) is 0 Å². The molecule has 138 valence electrons. The molecule has 0 saturated heterocycles. The largest absolute Gasteiger partial charge is 0.507 e. The van der Waals surface area contributed by atoms with Gasteiger partial charge in [0.2, 0.25) is 0 Å². The minimum Gasteiger partial charge on any atom is -0.507 e. The van der Waals surface area contributed by atoms with E-state index in [1.807, 2.05) is 43.3 Å². The van der Waals surface area contributed by atoms with Crippen LogP contribution in [-0.2, 0) is 0 Å². The highest BCUT2D eigenvalue weighted by Crippen LogP contribution is 2.36. The SMILES string of the molecule is C/C=C(\C=C/CC)c1cc(-c2ccc(O)c(C3=CCCC=C3)c2)ccc1O. The molecule has 0 bridgehead atoms. The Hall–Kier alpha value is -3.00. The highest BCUT2D eigenvalue weighted by Gasteiger charge is 2.11. The van der Waals surface area contributed by atoms with Gasteiger partial charge in [-0.15, -0.1) is 0 Å². The molecule has 2 N–H and O–H groups in total. The molecule has 0 saturated carbocycles. The van der Waals surface area contributed by atoms with Crippen LogP contribution in [0.1, 0.15) is 44.2 Å². The van der Waals surface area contributed by atoms with Crippen LogP contribution in [0, 0.1) is 0 Å². The third-order valence-electron chi connectivity index (χ3n) is 4.79. The van der Waals surface area contributed by atoms with E-state index in [0.717, 1.165) is 52.7 Å². The molecule has 27 heavy (non-hydrogen) atoms. The van der Waals surface area contributed by atoms with Gasteiger partial charge in [0.05, 0.1) is 0 Å². The van der Waals surface area contributed by atoms with E-state index < -0.39 is 0 Å². The second-order valence-electron chi connectivity index (χ2n) is 6.66. The van der Waals surface area contributed by atoms with Gasteiger partial charge >= 0.3 is 0 Å². The van der Waals surface area contributed by atoms with E-state index in [2.05, 4.69) is 31.2 Å². The topological polar surface area (TPSA) is 40.5 Å². The van der Waals surface area contributed by atoms with Crippen LogP contribution in [0.25, 0.3) is 22.3 Å². The van der Waals surface area contributed by atoms with Crippen LogP contribution in [0.5, 0.6) is 11.5 Å². The molecule has 1 aliphatic carbocycles. The summed E-state index contributed by atoms with van der Waals surface area (Å²) >= 11 is 0. The molecule has 0 spiro atoms.